The highest BCUT2D eigenvalue weighted by atomic mass is 32.1. The van der Waals surface area contributed by atoms with E-state index in [0.717, 1.165) is 5.69 Å². The Balaban J connectivity index is 2.43. The van der Waals surface area contributed by atoms with Crippen LogP contribution in [0.3, 0.4) is 0 Å². The average molecular weight is 290 g/mol. The Labute approximate surface area is 122 Å². The van der Waals surface area contributed by atoms with E-state index in [-0.39, 0.29) is 11.9 Å². The van der Waals surface area contributed by atoms with E-state index in [1.165, 1.54) is 4.88 Å². The summed E-state index contributed by atoms with van der Waals surface area (Å²) in [6.45, 7) is 4.02. The lowest BCUT2D eigenvalue weighted by atomic mass is 10.1. The zero-order valence-electron chi connectivity index (χ0n) is 11.7. The lowest BCUT2D eigenvalue weighted by Gasteiger charge is -2.27. The summed E-state index contributed by atoms with van der Waals surface area (Å²) in [5.74, 6) is 0.777. The Bertz CT molecular complexity index is 610. The fourth-order valence-corrected chi connectivity index (χ4v) is 2.80. The first-order chi connectivity index (χ1) is 9.54. The van der Waals surface area contributed by atoms with Gasteiger partial charge in [0.1, 0.15) is 5.82 Å². The largest absolute Gasteiger partial charge is 0.409 e. The van der Waals surface area contributed by atoms with Crippen LogP contribution in [0.25, 0.3) is 0 Å². The molecule has 2 aromatic heterocycles. The highest BCUT2D eigenvalue weighted by Crippen LogP contribution is 2.29. The van der Waals surface area contributed by atoms with E-state index in [0.29, 0.717) is 11.4 Å². The van der Waals surface area contributed by atoms with Gasteiger partial charge in [0.05, 0.1) is 11.6 Å². The number of oxime groups is 1. The molecule has 2 heterocycles. The average Bonchev–Trinajstić information content (AvgIpc) is 2.99. The van der Waals surface area contributed by atoms with Crippen molar-refractivity contribution in [2.24, 2.45) is 10.9 Å². The van der Waals surface area contributed by atoms with Crippen molar-refractivity contribution in [3.05, 3.63) is 45.8 Å². The molecule has 1 atom stereocenters. The Kier molecular flexibility index (Phi) is 4.24. The second kappa shape index (κ2) is 5.92. The Morgan fingerprint density at radius 3 is 2.80 bits per heavy atom. The van der Waals surface area contributed by atoms with Gasteiger partial charge >= 0.3 is 0 Å². The molecule has 0 fully saturated rings. The van der Waals surface area contributed by atoms with Crippen molar-refractivity contribution in [1.82, 2.24) is 4.98 Å². The first-order valence-corrected chi connectivity index (χ1v) is 7.14. The molecule has 20 heavy (non-hydrogen) atoms. The van der Waals surface area contributed by atoms with Crippen molar-refractivity contribution < 1.29 is 5.21 Å². The second-order valence-electron chi connectivity index (χ2n) is 4.61. The van der Waals surface area contributed by atoms with Gasteiger partial charge in [-0.1, -0.05) is 11.2 Å². The molecule has 0 radical (unpaired) electrons. The van der Waals surface area contributed by atoms with E-state index in [9.17, 15) is 0 Å². The van der Waals surface area contributed by atoms with E-state index in [2.05, 4.69) is 23.1 Å². The number of hydrogen-bond donors (Lipinski definition) is 2. The van der Waals surface area contributed by atoms with Gasteiger partial charge in [0.15, 0.2) is 5.84 Å². The fraction of sp³-hybridized carbons (Fsp3) is 0.286. The van der Waals surface area contributed by atoms with Crippen molar-refractivity contribution in [2.75, 3.05) is 11.9 Å². The van der Waals surface area contributed by atoms with Gasteiger partial charge in [-0.2, -0.15) is 0 Å². The normalized spacial score (nSPS) is 13.2. The molecule has 1 unspecified atom stereocenters. The summed E-state index contributed by atoms with van der Waals surface area (Å²) < 4.78 is 0. The van der Waals surface area contributed by atoms with Crippen molar-refractivity contribution in [1.29, 1.82) is 0 Å². The molecule has 106 valence electrons. The third kappa shape index (κ3) is 2.75. The van der Waals surface area contributed by atoms with Crippen LogP contribution in [-0.2, 0) is 0 Å². The molecule has 0 aliphatic heterocycles. The van der Waals surface area contributed by atoms with Gasteiger partial charge in [0.2, 0.25) is 0 Å². The van der Waals surface area contributed by atoms with Crippen LogP contribution >= 0.6 is 11.3 Å². The molecular weight excluding hydrogens is 272 g/mol. The van der Waals surface area contributed by atoms with Gasteiger partial charge in [-0.25, -0.2) is 4.98 Å². The molecule has 3 N–H and O–H groups in total. The molecule has 2 aromatic rings. The number of anilines is 1. The van der Waals surface area contributed by atoms with Crippen LogP contribution in [-0.4, -0.2) is 23.1 Å². The fourth-order valence-electron chi connectivity index (χ4n) is 1.97. The summed E-state index contributed by atoms with van der Waals surface area (Å²) in [6, 6.07) is 7.95. The predicted molar refractivity (Wildman–Crippen MR) is 82.6 cm³/mol. The zero-order chi connectivity index (χ0) is 14.7. The quantitative estimate of drug-likeness (QED) is 0.393. The van der Waals surface area contributed by atoms with Crippen LogP contribution in [0.1, 0.15) is 29.1 Å². The van der Waals surface area contributed by atoms with Crippen molar-refractivity contribution in [3.63, 3.8) is 0 Å². The number of aryl methyl sites for hydroxylation is 1. The monoisotopic (exact) mass is 290 g/mol. The number of thiophene rings is 1. The minimum Gasteiger partial charge on any atom is -0.409 e. The molecule has 0 aliphatic rings. The van der Waals surface area contributed by atoms with E-state index in [1.54, 1.807) is 11.3 Å². The molecular formula is C14H18N4OS. The molecule has 0 saturated heterocycles. The lowest BCUT2D eigenvalue weighted by Crippen LogP contribution is -2.26. The number of nitrogens with zero attached hydrogens (tertiary/aromatic N) is 3. The Hall–Kier alpha value is -2.08. The molecule has 0 aliphatic carbocycles. The molecule has 0 aromatic carbocycles. The molecule has 0 bridgehead atoms. The molecule has 0 spiro atoms. The van der Waals surface area contributed by atoms with Gasteiger partial charge in [-0.3, -0.25) is 0 Å². The maximum absolute atomic E-state index is 8.91. The van der Waals surface area contributed by atoms with Crippen molar-refractivity contribution in [2.45, 2.75) is 19.9 Å². The third-order valence-corrected chi connectivity index (χ3v) is 4.31. The smallest absolute Gasteiger partial charge is 0.173 e. The lowest BCUT2D eigenvalue weighted by molar-refractivity contribution is 0.318. The van der Waals surface area contributed by atoms with Crippen LogP contribution in [0.15, 0.2) is 34.8 Å². The zero-order valence-corrected chi connectivity index (χ0v) is 12.6. The molecule has 0 amide bonds. The summed E-state index contributed by atoms with van der Waals surface area (Å²) in [5, 5.41) is 14.0. The van der Waals surface area contributed by atoms with Crippen LogP contribution in [0.5, 0.6) is 0 Å². The van der Waals surface area contributed by atoms with Gasteiger partial charge in [-0.15, -0.1) is 11.3 Å². The minimum absolute atomic E-state index is 0.0673. The van der Waals surface area contributed by atoms with Gasteiger partial charge in [0, 0.05) is 17.6 Å². The predicted octanol–water partition coefficient (Wildman–Crippen LogP) is 2.74. The standard InChI is InChI=1S/C14H18N4OS/c1-9-6-7-11(13(15)17-19)14(16-9)18(3)10(2)12-5-4-8-20-12/h4-8,10,19H,1-3H3,(H2,15,17). The summed E-state index contributed by atoms with van der Waals surface area (Å²) in [6.07, 6.45) is 0. The van der Waals surface area contributed by atoms with Crippen LogP contribution in [0.2, 0.25) is 0 Å². The number of amidine groups is 1. The van der Waals surface area contributed by atoms with Crippen LogP contribution in [0, 0.1) is 6.92 Å². The van der Waals surface area contributed by atoms with Crippen LogP contribution in [0.4, 0.5) is 5.82 Å². The SMILES string of the molecule is Cc1ccc(C(N)=NO)c(N(C)C(C)c2cccs2)n1. The number of aromatic nitrogens is 1. The molecule has 6 heteroatoms. The number of hydrogen-bond acceptors (Lipinski definition) is 5. The molecule has 5 nitrogen and oxygen atoms in total. The highest BCUT2D eigenvalue weighted by Gasteiger charge is 2.19. The highest BCUT2D eigenvalue weighted by molar-refractivity contribution is 7.10. The first-order valence-electron chi connectivity index (χ1n) is 6.26. The van der Waals surface area contributed by atoms with E-state index in [4.69, 9.17) is 10.9 Å². The van der Waals surface area contributed by atoms with Gasteiger partial charge in [0.25, 0.3) is 0 Å². The van der Waals surface area contributed by atoms with E-state index >= 15 is 0 Å². The number of nitrogens with two attached hydrogens (primary N) is 1. The third-order valence-electron chi connectivity index (χ3n) is 3.27. The number of pyridine rings is 1. The summed E-state index contributed by atoms with van der Waals surface area (Å²) in [5.41, 5.74) is 7.26. The summed E-state index contributed by atoms with van der Waals surface area (Å²) in [4.78, 5) is 7.80. The maximum atomic E-state index is 8.91. The van der Waals surface area contributed by atoms with Crippen molar-refractivity contribution >= 4 is 23.0 Å². The number of rotatable bonds is 4. The first kappa shape index (κ1) is 14.3. The topological polar surface area (TPSA) is 74.7 Å². The van der Waals surface area contributed by atoms with Gasteiger partial charge < -0.3 is 15.8 Å². The van der Waals surface area contributed by atoms with E-state index < -0.39 is 0 Å². The van der Waals surface area contributed by atoms with Crippen LogP contribution < -0.4 is 10.6 Å². The Morgan fingerprint density at radius 1 is 1.45 bits per heavy atom. The van der Waals surface area contributed by atoms with E-state index in [1.807, 2.05) is 42.5 Å². The van der Waals surface area contributed by atoms with Crippen molar-refractivity contribution in [3.8, 4) is 0 Å². The summed E-state index contributed by atoms with van der Waals surface area (Å²) >= 11 is 1.70. The minimum atomic E-state index is 0.0673. The molecule has 2 rings (SSSR count). The molecule has 0 saturated carbocycles. The Morgan fingerprint density at radius 2 is 2.20 bits per heavy atom. The second-order valence-corrected chi connectivity index (χ2v) is 5.59. The van der Waals surface area contributed by atoms with Gasteiger partial charge in [-0.05, 0) is 37.4 Å². The maximum Gasteiger partial charge on any atom is 0.173 e. The summed E-state index contributed by atoms with van der Waals surface area (Å²) in [7, 11) is 1.96.